The maximum atomic E-state index is 11.0. The SMILES string of the molecule is Cc1[nH]nc(C(N)=O)c1S(N)(=O)=O. The number of nitrogens with two attached hydrogens (primary N) is 2. The molecule has 8 heteroatoms. The van der Waals surface area contributed by atoms with Gasteiger partial charge in [-0.15, -0.1) is 0 Å². The predicted octanol–water partition coefficient (Wildman–Crippen LogP) is -1.54. The molecule has 5 N–H and O–H groups in total. The van der Waals surface area contributed by atoms with Gasteiger partial charge < -0.3 is 5.73 Å². The molecule has 0 aromatic carbocycles. The van der Waals surface area contributed by atoms with Crippen LogP contribution in [0.2, 0.25) is 0 Å². The highest BCUT2D eigenvalue weighted by Gasteiger charge is 2.23. The molecule has 1 aromatic rings. The van der Waals surface area contributed by atoms with Crippen LogP contribution in [0.1, 0.15) is 16.2 Å². The van der Waals surface area contributed by atoms with Crippen molar-refractivity contribution < 1.29 is 13.2 Å². The van der Waals surface area contributed by atoms with Gasteiger partial charge in [-0.1, -0.05) is 0 Å². The topological polar surface area (TPSA) is 132 Å². The van der Waals surface area contributed by atoms with Crippen LogP contribution < -0.4 is 10.9 Å². The van der Waals surface area contributed by atoms with Gasteiger partial charge in [0.15, 0.2) is 5.69 Å². The first-order valence-corrected chi connectivity index (χ1v) is 4.76. The van der Waals surface area contributed by atoms with E-state index < -0.39 is 15.9 Å². The van der Waals surface area contributed by atoms with Crippen molar-refractivity contribution in [2.24, 2.45) is 10.9 Å². The average Bonchev–Trinajstić information content (AvgIpc) is 2.28. The van der Waals surface area contributed by atoms with E-state index in [-0.39, 0.29) is 16.3 Å². The Hall–Kier alpha value is -1.41. The van der Waals surface area contributed by atoms with Gasteiger partial charge in [0, 0.05) is 0 Å². The normalized spacial score (nSPS) is 11.5. The van der Waals surface area contributed by atoms with Crippen LogP contribution in [0.3, 0.4) is 0 Å². The molecule has 1 rings (SSSR count). The highest BCUT2D eigenvalue weighted by Crippen LogP contribution is 2.14. The number of sulfonamides is 1. The molecule has 0 unspecified atom stereocenters. The van der Waals surface area contributed by atoms with E-state index in [0.29, 0.717) is 0 Å². The van der Waals surface area contributed by atoms with Gasteiger partial charge >= 0.3 is 0 Å². The third kappa shape index (κ3) is 1.68. The zero-order valence-electron chi connectivity index (χ0n) is 6.73. The minimum absolute atomic E-state index is 0.191. The van der Waals surface area contributed by atoms with Crippen LogP contribution in [0.25, 0.3) is 0 Å². The summed E-state index contributed by atoms with van der Waals surface area (Å²) in [6.45, 7) is 1.43. The number of rotatable bonds is 2. The summed E-state index contributed by atoms with van der Waals surface area (Å²) in [4.78, 5) is 10.4. The number of nitrogens with one attached hydrogen (secondary N) is 1. The lowest BCUT2D eigenvalue weighted by atomic mass is 10.3. The fourth-order valence-electron chi connectivity index (χ4n) is 0.934. The monoisotopic (exact) mass is 204 g/mol. The molecule has 0 aliphatic heterocycles. The summed E-state index contributed by atoms with van der Waals surface area (Å²) in [6.07, 6.45) is 0. The van der Waals surface area contributed by atoms with Crippen LogP contribution >= 0.6 is 0 Å². The number of nitrogens with zero attached hydrogens (tertiary/aromatic N) is 1. The number of aromatic nitrogens is 2. The van der Waals surface area contributed by atoms with Crippen molar-refractivity contribution in [3.05, 3.63) is 11.4 Å². The number of hydrogen-bond acceptors (Lipinski definition) is 4. The molecule has 0 atom stereocenters. The molecular formula is C5H8N4O3S. The lowest BCUT2D eigenvalue weighted by molar-refractivity contribution is 0.0992. The van der Waals surface area contributed by atoms with E-state index in [4.69, 9.17) is 10.9 Å². The quantitative estimate of drug-likeness (QED) is 0.538. The summed E-state index contributed by atoms with van der Waals surface area (Å²) >= 11 is 0. The summed E-state index contributed by atoms with van der Waals surface area (Å²) in [5.74, 6) is -0.937. The van der Waals surface area contributed by atoms with E-state index in [1.165, 1.54) is 6.92 Å². The van der Waals surface area contributed by atoms with E-state index in [9.17, 15) is 13.2 Å². The van der Waals surface area contributed by atoms with Crippen molar-refractivity contribution in [2.75, 3.05) is 0 Å². The molecule has 0 spiro atoms. The van der Waals surface area contributed by atoms with Gasteiger partial charge in [-0.25, -0.2) is 13.6 Å². The van der Waals surface area contributed by atoms with Crippen molar-refractivity contribution in [1.29, 1.82) is 0 Å². The third-order valence-corrected chi connectivity index (χ3v) is 2.48. The molecular weight excluding hydrogens is 196 g/mol. The Morgan fingerprint density at radius 3 is 2.38 bits per heavy atom. The number of carbonyl (C=O) groups is 1. The molecule has 1 aromatic heterocycles. The maximum absolute atomic E-state index is 11.0. The van der Waals surface area contributed by atoms with Crippen molar-refractivity contribution in [1.82, 2.24) is 10.2 Å². The molecule has 1 amide bonds. The number of H-pyrrole nitrogens is 1. The van der Waals surface area contributed by atoms with Crippen molar-refractivity contribution >= 4 is 15.9 Å². The lowest BCUT2D eigenvalue weighted by Crippen LogP contribution is -2.20. The minimum Gasteiger partial charge on any atom is -0.364 e. The summed E-state index contributed by atoms with van der Waals surface area (Å²) in [6, 6.07) is 0. The second-order valence-electron chi connectivity index (χ2n) is 2.44. The molecule has 0 aliphatic carbocycles. The lowest BCUT2D eigenvalue weighted by Gasteiger charge is -1.96. The van der Waals surface area contributed by atoms with Crippen molar-refractivity contribution in [2.45, 2.75) is 11.8 Å². The fourth-order valence-corrected chi connectivity index (χ4v) is 1.82. The van der Waals surface area contributed by atoms with Gasteiger partial charge in [0.05, 0.1) is 5.69 Å². The van der Waals surface area contributed by atoms with Gasteiger partial charge in [-0.05, 0) is 6.92 Å². The van der Waals surface area contributed by atoms with Gasteiger partial charge in [0.25, 0.3) is 5.91 Å². The molecule has 13 heavy (non-hydrogen) atoms. The Kier molecular flexibility index (Phi) is 2.10. The van der Waals surface area contributed by atoms with Gasteiger partial charge in [-0.2, -0.15) is 5.10 Å². The Labute approximate surface area is 74.2 Å². The van der Waals surface area contributed by atoms with Crippen molar-refractivity contribution in [3.63, 3.8) is 0 Å². The Morgan fingerprint density at radius 1 is 1.54 bits per heavy atom. The first-order chi connectivity index (χ1) is 5.84. The summed E-state index contributed by atoms with van der Waals surface area (Å²) in [5, 5.41) is 10.6. The molecule has 0 bridgehead atoms. The van der Waals surface area contributed by atoms with Crippen LogP contribution in [0.15, 0.2) is 4.90 Å². The fraction of sp³-hybridized carbons (Fsp3) is 0.200. The van der Waals surface area contributed by atoms with Gasteiger partial charge in [0.1, 0.15) is 4.90 Å². The Balaban J connectivity index is 3.51. The molecule has 0 aliphatic rings. The number of aryl methyl sites for hydroxylation is 1. The highest BCUT2D eigenvalue weighted by molar-refractivity contribution is 7.89. The average molecular weight is 204 g/mol. The molecule has 0 fully saturated rings. The third-order valence-electron chi connectivity index (χ3n) is 1.41. The van der Waals surface area contributed by atoms with Crippen LogP contribution in [0.5, 0.6) is 0 Å². The summed E-state index contributed by atoms with van der Waals surface area (Å²) in [5.41, 5.74) is 4.71. The van der Waals surface area contributed by atoms with Crippen LogP contribution in [0.4, 0.5) is 0 Å². The zero-order valence-corrected chi connectivity index (χ0v) is 7.55. The standard InChI is InChI=1S/C5H8N4O3S/c1-2-4(13(7,11)12)3(5(6)10)9-8-2/h1H3,(H2,6,10)(H,8,9)(H2,7,11,12). The van der Waals surface area contributed by atoms with Crippen molar-refractivity contribution in [3.8, 4) is 0 Å². The van der Waals surface area contributed by atoms with Gasteiger partial charge in [-0.3, -0.25) is 9.89 Å². The molecule has 1 heterocycles. The molecule has 0 saturated heterocycles. The van der Waals surface area contributed by atoms with E-state index >= 15 is 0 Å². The molecule has 0 saturated carbocycles. The van der Waals surface area contributed by atoms with Crippen LogP contribution in [-0.2, 0) is 10.0 Å². The molecule has 72 valence electrons. The van der Waals surface area contributed by atoms with E-state index in [1.807, 2.05) is 0 Å². The van der Waals surface area contributed by atoms with E-state index in [1.54, 1.807) is 0 Å². The highest BCUT2D eigenvalue weighted by atomic mass is 32.2. The second kappa shape index (κ2) is 2.82. The second-order valence-corrected chi connectivity index (χ2v) is 3.93. The number of primary amides is 1. The maximum Gasteiger partial charge on any atom is 0.270 e. The van der Waals surface area contributed by atoms with Crippen LogP contribution in [-0.4, -0.2) is 24.5 Å². The predicted molar refractivity (Wildman–Crippen MR) is 43.2 cm³/mol. The summed E-state index contributed by atoms with van der Waals surface area (Å²) in [7, 11) is -3.96. The molecule has 0 radical (unpaired) electrons. The number of hydrogen-bond donors (Lipinski definition) is 3. The number of carbonyl (C=O) groups excluding carboxylic acids is 1. The first-order valence-electron chi connectivity index (χ1n) is 3.21. The first kappa shape index (κ1) is 9.68. The Morgan fingerprint density at radius 2 is 2.08 bits per heavy atom. The Bertz CT molecular complexity index is 446. The van der Waals surface area contributed by atoms with Gasteiger partial charge in [0.2, 0.25) is 10.0 Å². The minimum atomic E-state index is -3.96. The zero-order chi connectivity index (χ0) is 10.2. The van der Waals surface area contributed by atoms with E-state index in [2.05, 4.69) is 10.2 Å². The van der Waals surface area contributed by atoms with Crippen LogP contribution in [0, 0.1) is 6.92 Å². The van der Waals surface area contributed by atoms with E-state index in [0.717, 1.165) is 0 Å². The molecule has 7 nitrogen and oxygen atoms in total. The summed E-state index contributed by atoms with van der Waals surface area (Å²) < 4.78 is 21.9. The number of primary sulfonamides is 1. The number of aromatic amines is 1. The smallest absolute Gasteiger partial charge is 0.270 e. The number of amides is 1. The largest absolute Gasteiger partial charge is 0.364 e.